The Balaban J connectivity index is 1.38. The predicted octanol–water partition coefficient (Wildman–Crippen LogP) is 2.59. The standard InChI is InChI=1S/C22H23N3O5/c1-29-18-9-7-17(8-10-18)23-20(26)15-30-22(28)12-11-21(27)25-14-13-19(24-25)16-5-3-2-4-6-16/h2-10H,11-15H2,1H3,(H,23,26). The summed E-state index contributed by atoms with van der Waals surface area (Å²) in [6.45, 7) is 0.0709. The van der Waals surface area contributed by atoms with E-state index in [4.69, 9.17) is 9.47 Å². The molecule has 2 aromatic rings. The van der Waals surface area contributed by atoms with Crippen molar-refractivity contribution >= 4 is 29.2 Å². The Morgan fingerprint density at radius 2 is 1.77 bits per heavy atom. The normalized spacial score (nSPS) is 12.8. The molecule has 0 atom stereocenters. The lowest BCUT2D eigenvalue weighted by Gasteiger charge is -2.11. The van der Waals surface area contributed by atoms with E-state index in [1.165, 1.54) is 5.01 Å². The van der Waals surface area contributed by atoms with Crippen LogP contribution in [0, 0.1) is 0 Å². The van der Waals surface area contributed by atoms with Gasteiger partial charge in [-0.1, -0.05) is 30.3 Å². The molecule has 156 valence electrons. The van der Waals surface area contributed by atoms with Crippen molar-refractivity contribution < 1.29 is 23.9 Å². The van der Waals surface area contributed by atoms with E-state index < -0.39 is 18.5 Å². The quantitative estimate of drug-likeness (QED) is 0.676. The van der Waals surface area contributed by atoms with Crippen molar-refractivity contribution in [1.82, 2.24) is 5.01 Å². The topological polar surface area (TPSA) is 97.3 Å². The number of carbonyl (C=O) groups is 3. The molecule has 0 fully saturated rings. The van der Waals surface area contributed by atoms with E-state index in [2.05, 4.69) is 10.4 Å². The first-order chi connectivity index (χ1) is 14.5. The third-order valence-electron chi connectivity index (χ3n) is 4.48. The largest absolute Gasteiger partial charge is 0.497 e. The Labute approximate surface area is 174 Å². The number of amides is 2. The van der Waals surface area contributed by atoms with E-state index in [-0.39, 0.29) is 18.7 Å². The molecule has 0 spiro atoms. The number of hydrogen-bond acceptors (Lipinski definition) is 6. The Kier molecular flexibility index (Phi) is 7.15. The lowest BCUT2D eigenvalue weighted by molar-refractivity contribution is -0.148. The number of benzene rings is 2. The van der Waals surface area contributed by atoms with Crippen molar-refractivity contribution in [2.24, 2.45) is 5.10 Å². The smallest absolute Gasteiger partial charge is 0.306 e. The summed E-state index contributed by atoms with van der Waals surface area (Å²) in [6, 6.07) is 16.4. The van der Waals surface area contributed by atoms with E-state index in [1.54, 1.807) is 31.4 Å². The van der Waals surface area contributed by atoms with E-state index in [1.807, 2.05) is 30.3 Å². The average Bonchev–Trinajstić information content (AvgIpc) is 3.28. The number of ether oxygens (including phenoxy) is 2. The molecule has 0 aliphatic carbocycles. The number of hydrazone groups is 1. The van der Waals surface area contributed by atoms with Crippen LogP contribution in [-0.4, -0.2) is 48.8 Å². The van der Waals surface area contributed by atoms with Gasteiger partial charge >= 0.3 is 5.97 Å². The monoisotopic (exact) mass is 409 g/mol. The fourth-order valence-electron chi connectivity index (χ4n) is 2.90. The minimum Gasteiger partial charge on any atom is -0.497 e. The Morgan fingerprint density at radius 3 is 2.47 bits per heavy atom. The third-order valence-corrected chi connectivity index (χ3v) is 4.48. The predicted molar refractivity (Wildman–Crippen MR) is 111 cm³/mol. The van der Waals surface area contributed by atoms with Crippen LogP contribution in [0.15, 0.2) is 59.7 Å². The van der Waals surface area contributed by atoms with Crippen LogP contribution < -0.4 is 10.1 Å². The summed E-state index contributed by atoms with van der Waals surface area (Å²) in [5.74, 6) is -0.654. The SMILES string of the molecule is COc1ccc(NC(=O)COC(=O)CCC(=O)N2CCC(c3ccccc3)=N2)cc1. The van der Waals surface area contributed by atoms with Gasteiger partial charge < -0.3 is 14.8 Å². The maximum absolute atomic E-state index is 12.3. The molecular formula is C22H23N3O5. The number of hydrogen-bond donors (Lipinski definition) is 1. The molecule has 1 aliphatic heterocycles. The highest BCUT2D eigenvalue weighted by atomic mass is 16.5. The van der Waals surface area contributed by atoms with Gasteiger partial charge in [0.25, 0.3) is 5.91 Å². The molecular weight excluding hydrogens is 386 g/mol. The molecule has 8 heteroatoms. The van der Waals surface area contributed by atoms with Crippen molar-refractivity contribution in [2.75, 3.05) is 25.6 Å². The van der Waals surface area contributed by atoms with Gasteiger partial charge in [0.05, 0.1) is 25.8 Å². The highest BCUT2D eigenvalue weighted by Gasteiger charge is 2.22. The number of nitrogens with zero attached hydrogens (tertiary/aromatic N) is 2. The fraction of sp³-hybridized carbons (Fsp3) is 0.273. The van der Waals surface area contributed by atoms with Crippen LogP contribution in [0.1, 0.15) is 24.8 Å². The first-order valence-corrected chi connectivity index (χ1v) is 9.58. The molecule has 0 radical (unpaired) electrons. The third kappa shape index (κ3) is 5.91. The zero-order chi connectivity index (χ0) is 21.3. The first kappa shape index (κ1) is 21.0. The average molecular weight is 409 g/mol. The Hall–Kier alpha value is -3.68. The zero-order valence-corrected chi connectivity index (χ0v) is 16.7. The van der Waals surface area contributed by atoms with E-state index >= 15 is 0 Å². The molecule has 0 bridgehead atoms. The van der Waals surface area contributed by atoms with Gasteiger partial charge in [0.15, 0.2) is 6.61 Å². The van der Waals surface area contributed by atoms with Gasteiger partial charge in [-0.15, -0.1) is 0 Å². The van der Waals surface area contributed by atoms with Crippen LogP contribution in [-0.2, 0) is 19.1 Å². The maximum atomic E-state index is 12.3. The number of esters is 1. The van der Waals surface area contributed by atoms with Crippen LogP contribution >= 0.6 is 0 Å². The van der Waals surface area contributed by atoms with E-state index in [0.29, 0.717) is 24.4 Å². The highest BCUT2D eigenvalue weighted by molar-refractivity contribution is 6.02. The lowest BCUT2D eigenvalue weighted by atomic mass is 10.1. The summed E-state index contributed by atoms with van der Waals surface area (Å²) in [5, 5.41) is 8.34. The summed E-state index contributed by atoms with van der Waals surface area (Å²) in [7, 11) is 1.55. The van der Waals surface area contributed by atoms with Crippen LogP contribution in [0.4, 0.5) is 5.69 Å². The molecule has 1 heterocycles. The second-order valence-corrected chi connectivity index (χ2v) is 6.62. The van der Waals surface area contributed by atoms with Crippen LogP contribution in [0.5, 0.6) is 5.75 Å². The van der Waals surface area contributed by atoms with E-state index in [9.17, 15) is 14.4 Å². The van der Waals surface area contributed by atoms with Gasteiger partial charge in [-0.3, -0.25) is 14.4 Å². The summed E-state index contributed by atoms with van der Waals surface area (Å²) in [5.41, 5.74) is 2.39. The maximum Gasteiger partial charge on any atom is 0.306 e. The van der Waals surface area contributed by atoms with Crippen molar-refractivity contribution in [2.45, 2.75) is 19.3 Å². The highest BCUT2D eigenvalue weighted by Crippen LogP contribution is 2.16. The van der Waals surface area contributed by atoms with Gasteiger partial charge in [0.1, 0.15) is 5.75 Å². The number of nitrogens with one attached hydrogen (secondary N) is 1. The summed E-state index contributed by atoms with van der Waals surface area (Å²) >= 11 is 0. The molecule has 0 saturated carbocycles. The van der Waals surface area contributed by atoms with Gasteiger partial charge in [0.2, 0.25) is 5.91 Å². The number of methoxy groups -OCH3 is 1. The fourth-order valence-corrected chi connectivity index (χ4v) is 2.90. The number of anilines is 1. The molecule has 1 N–H and O–H groups in total. The lowest BCUT2D eigenvalue weighted by Crippen LogP contribution is -2.25. The van der Waals surface area contributed by atoms with Gasteiger partial charge in [-0.25, -0.2) is 5.01 Å². The van der Waals surface area contributed by atoms with Gasteiger partial charge in [-0.2, -0.15) is 5.10 Å². The van der Waals surface area contributed by atoms with Crippen molar-refractivity contribution in [3.05, 3.63) is 60.2 Å². The Morgan fingerprint density at radius 1 is 1.03 bits per heavy atom. The molecule has 0 saturated heterocycles. The molecule has 1 aliphatic rings. The van der Waals surface area contributed by atoms with Crippen molar-refractivity contribution in [3.8, 4) is 5.75 Å². The van der Waals surface area contributed by atoms with Crippen molar-refractivity contribution in [1.29, 1.82) is 0 Å². The molecule has 8 nitrogen and oxygen atoms in total. The summed E-state index contributed by atoms with van der Waals surface area (Å²) in [4.78, 5) is 36.0. The van der Waals surface area contributed by atoms with Crippen LogP contribution in [0.3, 0.4) is 0 Å². The molecule has 30 heavy (non-hydrogen) atoms. The summed E-state index contributed by atoms with van der Waals surface area (Å²) < 4.78 is 9.99. The van der Waals surface area contributed by atoms with Gasteiger partial charge in [-0.05, 0) is 29.8 Å². The Bertz CT molecular complexity index is 926. The molecule has 2 amide bonds. The molecule has 0 aromatic heterocycles. The second kappa shape index (κ2) is 10.2. The molecule has 3 rings (SSSR count). The zero-order valence-electron chi connectivity index (χ0n) is 16.7. The van der Waals surface area contributed by atoms with Crippen LogP contribution in [0.25, 0.3) is 0 Å². The number of rotatable bonds is 8. The molecule has 2 aromatic carbocycles. The number of carbonyl (C=O) groups excluding carboxylic acids is 3. The minimum absolute atomic E-state index is 0.0233. The van der Waals surface area contributed by atoms with Gasteiger partial charge in [0, 0.05) is 18.5 Å². The van der Waals surface area contributed by atoms with E-state index in [0.717, 1.165) is 11.3 Å². The minimum atomic E-state index is -0.611. The van der Waals surface area contributed by atoms with Crippen LogP contribution in [0.2, 0.25) is 0 Å². The summed E-state index contributed by atoms with van der Waals surface area (Å²) in [6.07, 6.45) is 0.539. The second-order valence-electron chi connectivity index (χ2n) is 6.62. The molecule has 0 unspecified atom stereocenters. The first-order valence-electron chi connectivity index (χ1n) is 9.58. The van der Waals surface area contributed by atoms with Crippen molar-refractivity contribution in [3.63, 3.8) is 0 Å².